The van der Waals surface area contributed by atoms with Crippen LogP contribution in [0.5, 0.6) is 0 Å². The minimum absolute atomic E-state index is 0.114. The molecule has 0 bridgehead atoms. The van der Waals surface area contributed by atoms with Gasteiger partial charge in [-0.25, -0.2) is 4.98 Å². The minimum atomic E-state index is -0.188. The van der Waals surface area contributed by atoms with E-state index in [-0.39, 0.29) is 17.8 Å². The first-order valence-corrected chi connectivity index (χ1v) is 6.45. The van der Waals surface area contributed by atoms with Gasteiger partial charge in [0.1, 0.15) is 6.33 Å². The topological polar surface area (TPSA) is 70.7 Å². The first-order chi connectivity index (χ1) is 8.34. The normalized spacial score (nSPS) is 18.7. The van der Waals surface area contributed by atoms with Crippen LogP contribution in [0.4, 0.5) is 0 Å². The summed E-state index contributed by atoms with van der Waals surface area (Å²) in [5.41, 5.74) is 1.26. The largest absolute Gasteiger partial charge is 0.342 e. The first-order valence-electron chi connectivity index (χ1n) is 5.57. The molecule has 17 heavy (non-hydrogen) atoms. The molecular weight excluding hydrogens is 236 g/mol. The Morgan fingerprint density at radius 1 is 1.59 bits per heavy atom. The van der Waals surface area contributed by atoms with Crippen LogP contribution in [-0.2, 0) is 6.42 Å². The lowest BCUT2D eigenvalue weighted by Crippen LogP contribution is -2.31. The lowest BCUT2D eigenvalue weighted by Gasteiger charge is -2.23. The van der Waals surface area contributed by atoms with E-state index in [2.05, 4.69) is 31.9 Å². The summed E-state index contributed by atoms with van der Waals surface area (Å²) in [5, 5.41) is 11.3. The molecule has 5 nitrogen and oxygen atoms in total. The zero-order chi connectivity index (χ0) is 11.7. The van der Waals surface area contributed by atoms with Crippen LogP contribution in [0.1, 0.15) is 39.9 Å². The van der Waals surface area contributed by atoms with Crippen molar-refractivity contribution in [2.24, 2.45) is 0 Å². The number of fused-ring (bicyclic) bond motifs is 1. The summed E-state index contributed by atoms with van der Waals surface area (Å²) in [7, 11) is 0. The highest BCUT2D eigenvalue weighted by molar-refractivity contribution is 7.10. The third-order valence-corrected chi connectivity index (χ3v) is 3.98. The Kier molecular flexibility index (Phi) is 2.64. The van der Waals surface area contributed by atoms with Gasteiger partial charge in [-0.15, -0.1) is 11.3 Å². The highest BCUT2D eigenvalue weighted by atomic mass is 32.1. The van der Waals surface area contributed by atoms with Crippen LogP contribution in [0.3, 0.4) is 0 Å². The van der Waals surface area contributed by atoms with E-state index in [1.807, 2.05) is 0 Å². The summed E-state index contributed by atoms with van der Waals surface area (Å²) in [5.74, 6) is 0.0823. The zero-order valence-electron chi connectivity index (χ0n) is 9.14. The molecule has 0 saturated carbocycles. The molecule has 0 radical (unpaired) electrons. The third-order valence-electron chi connectivity index (χ3n) is 2.99. The molecule has 1 aliphatic carbocycles. The Balaban J connectivity index is 1.77. The number of aromatic nitrogens is 3. The van der Waals surface area contributed by atoms with E-state index in [0.717, 1.165) is 19.3 Å². The molecule has 2 aromatic rings. The second-order valence-corrected chi connectivity index (χ2v) is 5.05. The zero-order valence-corrected chi connectivity index (χ0v) is 9.96. The highest BCUT2D eigenvalue weighted by Gasteiger charge is 2.23. The monoisotopic (exact) mass is 248 g/mol. The van der Waals surface area contributed by atoms with E-state index in [1.165, 1.54) is 16.8 Å². The molecule has 0 aliphatic heterocycles. The predicted octanol–water partition coefficient (Wildman–Crippen LogP) is 1.67. The van der Waals surface area contributed by atoms with E-state index in [4.69, 9.17) is 0 Å². The third kappa shape index (κ3) is 1.95. The van der Waals surface area contributed by atoms with E-state index >= 15 is 0 Å². The molecule has 3 rings (SSSR count). The van der Waals surface area contributed by atoms with Gasteiger partial charge in [-0.2, -0.15) is 5.10 Å². The summed E-state index contributed by atoms with van der Waals surface area (Å²) >= 11 is 1.77. The minimum Gasteiger partial charge on any atom is -0.342 e. The summed E-state index contributed by atoms with van der Waals surface area (Å²) < 4.78 is 0. The number of hydrogen-bond acceptors (Lipinski definition) is 4. The fourth-order valence-electron chi connectivity index (χ4n) is 2.18. The number of aryl methyl sites for hydroxylation is 1. The molecule has 2 heterocycles. The quantitative estimate of drug-likeness (QED) is 0.849. The van der Waals surface area contributed by atoms with Crippen molar-refractivity contribution in [3.05, 3.63) is 34.0 Å². The van der Waals surface area contributed by atoms with Crippen molar-refractivity contribution in [2.45, 2.75) is 25.3 Å². The predicted molar refractivity (Wildman–Crippen MR) is 63.8 cm³/mol. The van der Waals surface area contributed by atoms with Crippen LogP contribution in [0.2, 0.25) is 0 Å². The van der Waals surface area contributed by atoms with Gasteiger partial charge in [0.15, 0.2) is 0 Å². The lowest BCUT2D eigenvalue weighted by atomic mass is 9.94. The van der Waals surface area contributed by atoms with Crippen molar-refractivity contribution in [3.63, 3.8) is 0 Å². The van der Waals surface area contributed by atoms with Crippen LogP contribution in [0.25, 0.3) is 0 Å². The van der Waals surface area contributed by atoms with Crippen molar-refractivity contribution in [3.8, 4) is 0 Å². The average molecular weight is 248 g/mol. The number of nitrogens with zero attached hydrogens (tertiary/aromatic N) is 2. The summed E-state index contributed by atoms with van der Waals surface area (Å²) in [6.07, 6.45) is 4.58. The number of hydrogen-bond donors (Lipinski definition) is 2. The van der Waals surface area contributed by atoms with Gasteiger partial charge in [-0.05, 0) is 36.3 Å². The first kappa shape index (κ1) is 10.5. The fourth-order valence-corrected chi connectivity index (χ4v) is 3.17. The number of aromatic amines is 1. The molecule has 1 unspecified atom stereocenters. The number of carbonyl (C=O) groups excluding carboxylic acids is 1. The van der Waals surface area contributed by atoms with Crippen molar-refractivity contribution in [1.82, 2.24) is 20.5 Å². The molecule has 1 aliphatic rings. The Morgan fingerprint density at radius 3 is 3.35 bits per heavy atom. The van der Waals surface area contributed by atoms with Crippen molar-refractivity contribution < 1.29 is 4.79 Å². The van der Waals surface area contributed by atoms with E-state index in [1.54, 1.807) is 11.3 Å². The molecule has 88 valence electrons. The van der Waals surface area contributed by atoms with Gasteiger partial charge >= 0.3 is 0 Å². The standard InChI is InChI=1S/C11H12N4OS/c16-11(10-12-6-13-15-10)14-8-2-1-3-9-7(8)4-5-17-9/h4-6,8H,1-3H2,(H,14,16)(H,12,13,15). The number of rotatable bonds is 2. The molecule has 0 fully saturated rings. The second kappa shape index (κ2) is 4.29. The molecule has 2 N–H and O–H groups in total. The lowest BCUT2D eigenvalue weighted by molar-refractivity contribution is 0.0923. The van der Waals surface area contributed by atoms with Crippen molar-refractivity contribution in [1.29, 1.82) is 0 Å². The average Bonchev–Trinajstić information content (AvgIpc) is 3.00. The Labute approximate surface area is 102 Å². The maximum Gasteiger partial charge on any atom is 0.289 e. The number of thiophene rings is 1. The summed E-state index contributed by atoms with van der Waals surface area (Å²) in [6, 6.07) is 2.22. The van der Waals surface area contributed by atoms with Crippen LogP contribution in [0, 0.1) is 0 Å². The van der Waals surface area contributed by atoms with Gasteiger partial charge in [0, 0.05) is 4.88 Å². The molecule has 2 aromatic heterocycles. The summed E-state index contributed by atoms with van der Waals surface area (Å²) in [6.45, 7) is 0. The number of H-pyrrole nitrogens is 1. The number of carbonyl (C=O) groups is 1. The van der Waals surface area contributed by atoms with Crippen LogP contribution in [0.15, 0.2) is 17.8 Å². The van der Waals surface area contributed by atoms with Gasteiger partial charge < -0.3 is 5.32 Å². The van der Waals surface area contributed by atoms with Gasteiger partial charge in [-0.1, -0.05) is 0 Å². The smallest absolute Gasteiger partial charge is 0.289 e. The van der Waals surface area contributed by atoms with E-state index in [9.17, 15) is 4.79 Å². The van der Waals surface area contributed by atoms with Gasteiger partial charge in [0.2, 0.25) is 5.82 Å². The fraction of sp³-hybridized carbons (Fsp3) is 0.364. The molecule has 0 aromatic carbocycles. The summed E-state index contributed by atoms with van der Waals surface area (Å²) in [4.78, 5) is 17.1. The van der Waals surface area contributed by atoms with Crippen molar-refractivity contribution >= 4 is 17.2 Å². The van der Waals surface area contributed by atoms with Gasteiger partial charge in [0.05, 0.1) is 6.04 Å². The molecule has 0 spiro atoms. The maximum atomic E-state index is 11.9. The maximum absolute atomic E-state index is 11.9. The SMILES string of the molecule is O=C(NC1CCCc2sccc21)c1ncn[nH]1. The van der Waals surface area contributed by atoms with Crippen LogP contribution in [-0.4, -0.2) is 21.1 Å². The van der Waals surface area contributed by atoms with E-state index in [0.29, 0.717) is 0 Å². The Hall–Kier alpha value is -1.69. The highest BCUT2D eigenvalue weighted by Crippen LogP contribution is 2.33. The second-order valence-electron chi connectivity index (χ2n) is 4.05. The van der Waals surface area contributed by atoms with Gasteiger partial charge in [-0.3, -0.25) is 9.89 Å². The molecule has 1 amide bonds. The Bertz CT molecular complexity index is 519. The number of amides is 1. The van der Waals surface area contributed by atoms with Gasteiger partial charge in [0.25, 0.3) is 5.91 Å². The van der Waals surface area contributed by atoms with Crippen LogP contribution >= 0.6 is 11.3 Å². The van der Waals surface area contributed by atoms with Crippen molar-refractivity contribution in [2.75, 3.05) is 0 Å². The van der Waals surface area contributed by atoms with Crippen LogP contribution < -0.4 is 5.32 Å². The number of nitrogens with one attached hydrogen (secondary N) is 2. The molecule has 1 atom stereocenters. The molecule has 0 saturated heterocycles. The molecular formula is C11H12N4OS. The van der Waals surface area contributed by atoms with E-state index < -0.39 is 0 Å². The molecule has 6 heteroatoms. The Morgan fingerprint density at radius 2 is 2.53 bits per heavy atom.